The van der Waals surface area contributed by atoms with E-state index in [0.29, 0.717) is 4.90 Å². The summed E-state index contributed by atoms with van der Waals surface area (Å²) in [5.74, 6) is -0.923. The predicted molar refractivity (Wildman–Crippen MR) is 62.3 cm³/mol. The molecule has 5 heteroatoms. The van der Waals surface area contributed by atoms with Crippen molar-refractivity contribution in [1.29, 1.82) is 0 Å². The van der Waals surface area contributed by atoms with Crippen LogP contribution in [-0.4, -0.2) is 20.5 Å². The van der Waals surface area contributed by atoms with Gasteiger partial charge in [0.1, 0.15) is 0 Å². The number of halogens is 1. The number of benzene rings is 1. The molecule has 82 valence electrons. The third kappa shape index (κ3) is 3.76. The van der Waals surface area contributed by atoms with Crippen LogP contribution in [0.1, 0.15) is 13.3 Å². The second-order valence-electron chi connectivity index (χ2n) is 3.16. The zero-order chi connectivity index (χ0) is 11.4. The largest absolute Gasteiger partial charge is 0.481 e. The second kappa shape index (κ2) is 5.42. The van der Waals surface area contributed by atoms with Gasteiger partial charge >= 0.3 is 5.97 Å². The van der Waals surface area contributed by atoms with Crippen molar-refractivity contribution in [3.8, 4) is 0 Å². The molecule has 0 aliphatic heterocycles. The molecule has 0 bridgehead atoms. The van der Waals surface area contributed by atoms with Gasteiger partial charge in [-0.05, 0) is 31.2 Å². The molecular formula is C10H11BrO3S. The summed E-state index contributed by atoms with van der Waals surface area (Å²) in [6, 6.07) is 7.05. The van der Waals surface area contributed by atoms with Crippen molar-refractivity contribution in [2.24, 2.45) is 0 Å². The number of hydrogen-bond donors (Lipinski definition) is 1. The maximum Gasteiger partial charge on any atom is 0.304 e. The third-order valence-electron chi connectivity index (χ3n) is 1.87. The van der Waals surface area contributed by atoms with Crippen LogP contribution in [0.15, 0.2) is 33.6 Å². The molecule has 0 spiro atoms. The minimum absolute atomic E-state index is 0.0807. The summed E-state index contributed by atoms with van der Waals surface area (Å²) in [5, 5.41) is 8.21. The van der Waals surface area contributed by atoms with Gasteiger partial charge in [0.15, 0.2) is 0 Å². The molecule has 2 atom stereocenters. The second-order valence-corrected chi connectivity index (χ2v) is 5.95. The molecule has 0 saturated carbocycles. The molecule has 1 aromatic rings. The molecule has 0 aromatic heterocycles. The highest BCUT2D eigenvalue weighted by Crippen LogP contribution is 2.17. The summed E-state index contributed by atoms with van der Waals surface area (Å²) in [4.78, 5) is 11.1. The minimum Gasteiger partial charge on any atom is -0.481 e. The molecule has 0 saturated heterocycles. The van der Waals surface area contributed by atoms with Crippen molar-refractivity contribution in [2.75, 3.05) is 0 Å². The van der Waals surface area contributed by atoms with Gasteiger partial charge in [-0.25, -0.2) is 0 Å². The van der Waals surface area contributed by atoms with E-state index >= 15 is 0 Å². The van der Waals surface area contributed by atoms with Gasteiger partial charge in [-0.3, -0.25) is 9.00 Å². The molecule has 0 heterocycles. The fourth-order valence-electron chi connectivity index (χ4n) is 1.12. The van der Waals surface area contributed by atoms with Crippen molar-refractivity contribution < 1.29 is 14.1 Å². The molecule has 1 rings (SSSR count). The van der Waals surface area contributed by atoms with E-state index in [9.17, 15) is 9.00 Å². The van der Waals surface area contributed by atoms with E-state index < -0.39 is 16.8 Å². The van der Waals surface area contributed by atoms with E-state index in [2.05, 4.69) is 15.9 Å². The molecule has 0 amide bonds. The monoisotopic (exact) mass is 290 g/mol. The Morgan fingerprint density at radius 1 is 1.47 bits per heavy atom. The molecule has 1 N–H and O–H groups in total. The van der Waals surface area contributed by atoms with Crippen molar-refractivity contribution in [1.82, 2.24) is 0 Å². The number of rotatable bonds is 4. The van der Waals surface area contributed by atoms with Crippen LogP contribution >= 0.6 is 15.9 Å². The Labute approximate surface area is 99.1 Å². The Balaban J connectivity index is 2.76. The van der Waals surface area contributed by atoms with Gasteiger partial charge in [0.05, 0.1) is 17.2 Å². The molecule has 1 aromatic carbocycles. The number of carbonyl (C=O) groups is 1. The zero-order valence-corrected chi connectivity index (χ0v) is 10.5. The lowest BCUT2D eigenvalue weighted by Crippen LogP contribution is -2.15. The first-order chi connectivity index (χ1) is 7.00. The average Bonchev–Trinajstić information content (AvgIpc) is 2.17. The van der Waals surface area contributed by atoms with Crippen LogP contribution in [0.25, 0.3) is 0 Å². The lowest BCUT2D eigenvalue weighted by atomic mass is 10.3. The summed E-state index contributed by atoms with van der Waals surface area (Å²) in [7, 11) is -1.26. The SMILES string of the molecule is CC(CC(=O)O)S(=O)c1ccc(Br)cc1. The number of carboxylic acids is 1. The van der Waals surface area contributed by atoms with Gasteiger partial charge in [-0.1, -0.05) is 15.9 Å². The van der Waals surface area contributed by atoms with E-state index in [1.54, 1.807) is 31.2 Å². The van der Waals surface area contributed by atoms with Crippen LogP contribution < -0.4 is 0 Å². The van der Waals surface area contributed by atoms with E-state index in [-0.39, 0.29) is 11.7 Å². The van der Waals surface area contributed by atoms with Crippen LogP contribution in [0, 0.1) is 0 Å². The molecule has 0 aliphatic carbocycles. The molecule has 0 radical (unpaired) electrons. The van der Waals surface area contributed by atoms with Crippen LogP contribution in [-0.2, 0) is 15.6 Å². The Morgan fingerprint density at radius 3 is 2.47 bits per heavy atom. The average molecular weight is 291 g/mol. The minimum atomic E-state index is -1.26. The van der Waals surface area contributed by atoms with Gasteiger partial charge < -0.3 is 5.11 Å². The molecule has 2 unspecified atom stereocenters. The summed E-state index contributed by atoms with van der Waals surface area (Å²) >= 11 is 3.28. The molecular weight excluding hydrogens is 280 g/mol. The van der Waals surface area contributed by atoms with Crippen LogP contribution in [0.3, 0.4) is 0 Å². The number of carboxylic acid groups (broad SMARTS) is 1. The van der Waals surface area contributed by atoms with Crippen LogP contribution in [0.2, 0.25) is 0 Å². The van der Waals surface area contributed by atoms with Gasteiger partial charge in [-0.2, -0.15) is 0 Å². The summed E-state index contributed by atoms with van der Waals surface area (Å²) < 4.78 is 12.7. The summed E-state index contributed by atoms with van der Waals surface area (Å²) in [6.45, 7) is 1.67. The van der Waals surface area contributed by atoms with Crippen molar-refractivity contribution in [3.63, 3.8) is 0 Å². The fraction of sp³-hybridized carbons (Fsp3) is 0.300. The van der Waals surface area contributed by atoms with E-state index in [1.807, 2.05) is 0 Å². The van der Waals surface area contributed by atoms with Crippen LogP contribution in [0.5, 0.6) is 0 Å². The first-order valence-corrected chi connectivity index (χ1v) is 6.39. The molecule has 0 aliphatic rings. The highest BCUT2D eigenvalue weighted by molar-refractivity contribution is 9.10. The fourth-order valence-corrected chi connectivity index (χ4v) is 2.55. The Hall–Kier alpha value is -0.680. The first-order valence-electron chi connectivity index (χ1n) is 4.38. The Kier molecular flexibility index (Phi) is 4.47. The zero-order valence-electron chi connectivity index (χ0n) is 8.14. The predicted octanol–water partition coefficient (Wildman–Crippen LogP) is 2.42. The maximum atomic E-state index is 11.8. The van der Waals surface area contributed by atoms with Crippen molar-refractivity contribution in [3.05, 3.63) is 28.7 Å². The molecule has 0 fully saturated rings. The van der Waals surface area contributed by atoms with Crippen LogP contribution in [0.4, 0.5) is 0 Å². The van der Waals surface area contributed by atoms with Gasteiger partial charge in [0.25, 0.3) is 0 Å². The van der Waals surface area contributed by atoms with Gasteiger partial charge in [-0.15, -0.1) is 0 Å². The lowest BCUT2D eigenvalue weighted by molar-refractivity contribution is -0.136. The lowest BCUT2D eigenvalue weighted by Gasteiger charge is -2.08. The van der Waals surface area contributed by atoms with Gasteiger partial charge in [0.2, 0.25) is 0 Å². The third-order valence-corrected chi connectivity index (χ3v) is 4.04. The molecule has 3 nitrogen and oxygen atoms in total. The topological polar surface area (TPSA) is 54.4 Å². The molecule has 15 heavy (non-hydrogen) atoms. The smallest absolute Gasteiger partial charge is 0.304 e. The quantitative estimate of drug-likeness (QED) is 0.927. The highest BCUT2D eigenvalue weighted by Gasteiger charge is 2.16. The normalized spacial score (nSPS) is 14.5. The summed E-state index contributed by atoms with van der Waals surface area (Å²) in [5.41, 5.74) is 0. The van der Waals surface area contributed by atoms with Crippen molar-refractivity contribution in [2.45, 2.75) is 23.5 Å². The van der Waals surface area contributed by atoms with Gasteiger partial charge in [0, 0.05) is 14.6 Å². The first kappa shape index (κ1) is 12.4. The standard InChI is InChI=1S/C10H11BrO3S/c1-7(6-10(12)13)15(14)9-4-2-8(11)3-5-9/h2-5,7H,6H2,1H3,(H,12,13). The Bertz CT molecular complexity index is 375. The van der Waals surface area contributed by atoms with E-state index in [4.69, 9.17) is 5.11 Å². The highest BCUT2D eigenvalue weighted by atomic mass is 79.9. The Morgan fingerprint density at radius 2 is 2.00 bits per heavy atom. The summed E-state index contributed by atoms with van der Waals surface area (Å²) in [6.07, 6.45) is -0.0807. The maximum absolute atomic E-state index is 11.8. The van der Waals surface area contributed by atoms with Crippen molar-refractivity contribution >= 4 is 32.7 Å². The van der Waals surface area contributed by atoms with E-state index in [1.165, 1.54) is 0 Å². The number of aliphatic carboxylic acids is 1. The number of hydrogen-bond acceptors (Lipinski definition) is 2. The van der Waals surface area contributed by atoms with E-state index in [0.717, 1.165) is 4.47 Å².